The van der Waals surface area contributed by atoms with E-state index in [-0.39, 0.29) is 5.91 Å². The topological polar surface area (TPSA) is 48.0 Å². The SMILES string of the molecule is Cc1cn(Cc2cccc(C(N)=O)c2)c(C)c1C. The predicted molar refractivity (Wildman–Crippen MR) is 72.7 cm³/mol. The number of primary amides is 1. The third-order valence-corrected chi connectivity index (χ3v) is 3.48. The number of nitrogens with two attached hydrogens (primary N) is 1. The van der Waals surface area contributed by atoms with E-state index in [1.165, 1.54) is 16.8 Å². The number of rotatable bonds is 3. The molecule has 0 radical (unpaired) electrons. The van der Waals surface area contributed by atoms with E-state index < -0.39 is 0 Å². The molecule has 1 heterocycles. The number of nitrogens with zero attached hydrogens (tertiary/aromatic N) is 1. The highest BCUT2D eigenvalue weighted by Gasteiger charge is 2.07. The van der Waals surface area contributed by atoms with Crippen molar-refractivity contribution in [2.45, 2.75) is 27.3 Å². The number of benzene rings is 1. The Kier molecular flexibility index (Phi) is 3.24. The van der Waals surface area contributed by atoms with Crippen LogP contribution in [0.5, 0.6) is 0 Å². The van der Waals surface area contributed by atoms with E-state index >= 15 is 0 Å². The highest BCUT2D eigenvalue weighted by atomic mass is 16.1. The average molecular weight is 242 g/mol. The molecule has 2 rings (SSSR count). The van der Waals surface area contributed by atoms with Crippen molar-refractivity contribution < 1.29 is 4.79 Å². The van der Waals surface area contributed by atoms with Gasteiger partial charge in [-0.2, -0.15) is 0 Å². The molecule has 0 aliphatic rings. The van der Waals surface area contributed by atoms with Gasteiger partial charge in [-0.25, -0.2) is 0 Å². The van der Waals surface area contributed by atoms with E-state index in [1.807, 2.05) is 18.2 Å². The minimum atomic E-state index is -0.381. The minimum absolute atomic E-state index is 0.381. The highest BCUT2D eigenvalue weighted by molar-refractivity contribution is 5.92. The quantitative estimate of drug-likeness (QED) is 0.883. The van der Waals surface area contributed by atoms with Crippen molar-refractivity contribution in [3.05, 3.63) is 58.4 Å². The lowest BCUT2D eigenvalue weighted by atomic mass is 10.1. The van der Waals surface area contributed by atoms with Crippen molar-refractivity contribution in [1.82, 2.24) is 4.57 Å². The fraction of sp³-hybridized carbons (Fsp3) is 0.267. The molecule has 0 unspecified atom stereocenters. The van der Waals surface area contributed by atoms with Crippen molar-refractivity contribution in [2.75, 3.05) is 0 Å². The molecule has 1 aromatic heterocycles. The lowest BCUT2D eigenvalue weighted by Crippen LogP contribution is -2.11. The molecule has 0 atom stereocenters. The molecule has 0 fully saturated rings. The monoisotopic (exact) mass is 242 g/mol. The number of amides is 1. The number of aromatic nitrogens is 1. The van der Waals surface area contributed by atoms with Crippen molar-refractivity contribution in [3.8, 4) is 0 Å². The zero-order valence-electron chi connectivity index (χ0n) is 11.0. The van der Waals surface area contributed by atoms with Crippen LogP contribution in [0.25, 0.3) is 0 Å². The van der Waals surface area contributed by atoms with E-state index in [0.717, 1.165) is 12.1 Å². The van der Waals surface area contributed by atoms with Crippen molar-refractivity contribution in [3.63, 3.8) is 0 Å². The van der Waals surface area contributed by atoms with Crippen LogP contribution in [0.15, 0.2) is 30.5 Å². The smallest absolute Gasteiger partial charge is 0.248 e. The summed E-state index contributed by atoms with van der Waals surface area (Å²) in [5, 5.41) is 0. The van der Waals surface area contributed by atoms with Crippen molar-refractivity contribution >= 4 is 5.91 Å². The van der Waals surface area contributed by atoms with Crippen LogP contribution in [0.1, 0.15) is 32.7 Å². The van der Waals surface area contributed by atoms with Gasteiger partial charge < -0.3 is 10.3 Å². The van der Waals surface area contributed by atoms with Crippen LogP contribution >= 0.6 is 0 Å². The van der Waals surface area contributed by atoms with Gasteiger partial charge in [0, 0.05) is 24.0 Å². The zero-order valence-corrected chi connectivity index (χ0v) is 11.0. The highest BCUT2D eigenvalue weighted by Crippen LogP contribution is 2.16. The van der Waals surface area contributed by atoms with E-state index in [9.17, 15) is 4.79 Å². The standard InChI is InChI=1S/C15H18N2O/c1-10-8-17(12(3)11(10)2)9-13-5-4-6-14(7-13)15(16)18/h4-8H,9H2,1-3H3,(H2,16,18). The zero-order chi connectivity index (χ0) is 13.3. The lowest BCUT2D eigenvalue weighted by Gasteiger charge is -2.07. The van der Waals surface area contributed by atoms with Gasteiger partial charge in [0.25, 0.3) is 0 Å². The summed E-state index contributed by atoms with van der Waals surface area (Å²) in [6.45, 7) is 7.11. The molecule has 2 aromatic rings. The van der Waals surface area contributed by atoms with Crippen LogP contribution in [0, 0.1) is 20.8 Å². The van der Waals surface area contributed by atoms with Gasteiger partial charge in [0.1, 0.15) is 0 Å². The first-order valence-corrected chi connectivity index (χ1v) is 6.00. The normalized spacial score (nSPS) is 10.6. The molecular formula is C15H18N2O. The van der Waals surface area contributed by atoms with Gasteiger partial charge >= 0.3 is 0 Å². The number of hydrogen-bond acceptors (Lipinski definition) is 1. The Labute approximate surface area is 107 Å². The second kappa shape index (κ2) is 4.69. The first kappa shape index (κ1) is 12.4. The van der Waals surface area contributed by atoms with Crippen LogP contribution in [0.4, 0.5) is 0 Å². The third-order valence-electron chi connectivity index (χ3n) is 3.48. The Morgan fingerprint density at radius 2 is 2.00 bits per heavy atom. The summed E-state index contributed by atoms with van der Waals surface area (Å²) in [5.41, 5.74) is 10.8. The molecule has 1 amide bonds. The number of hydrogen-bond donors (Lipinski definition) is 1. The average Bonchev–Trinajstić information content (AvgIpc) is 2.57. The maximum absolute atomic E-state index is 11.1. The third kappa shape index (κ3) is 2.30. The molecule has 0 bridgehead atoms. The molecule has 0 aliphatic carbocycles. The lowest BCUT2D eigenvalue weighted by molar-refractivity contribution is 0.1000. The van der Waals surface area contributed by atoms with Gasteiger partial charge in [-0.05, 0) is 49.6 Å². The number of carbonyl (C=O) groups excluding carboxylic acids is 1. The van der Waals surface area contributed by atoms with Crippen LogP contribution in [0.3, 0.4) is 0 Å². The molecule has 94 valence electrons. The summed E-state index contributed by atoms with van der Waals surface area (Å²) < 4.78 is 2.20. The van der Waals surface area contributed by atoms with Gasteiger partial charge in [0.2, 0.25) is 5.91 Å². The fourth-order valence-electron chi connectivity index (χ4n) is 2.11. The maximum atomic E-state index is 11.1. The maximum Gasteiger partial charge on any atom is 0.248 e. The first-order chi connectivity index (χ1) is 8.49. The minimum Gasteiger partial charge on any atom is -0.366 e. The molecule has 0 aliphatic heterocycles. The Hall–Kier alpha value is -2.03. The molecular weight excluding hydrogens is 224 g/mol. The van der Waals surface area contributed by atoms with Gasteiger partial charge in [-0.1, -0.05) is 12.1 Å². The van der Waals surface area contributed by atoms with Gasteiger partial charge in [-0.15, -0.1) is 0 Å². The van der Waals surface area contributed by atoms with Crippen molar-refractivity contribution in [1.29, 1.82) is 0 Å². The van der Waals surface area contributed by atoms with Crippen LogP contribution < -0.4 is 5.73 Å². The molecule has 18 heavy (non-hydrogen) atoms. The number of carbonyl (C=O) groups is 1. The van der Waals surface area contributed by atoms with E-state index in [0.29, 0.717) is 5.56 Å². The van der Waals surface area contributed by atoms with Gasteiger partial charge in [-0.3, -0.25) is 4.79 Å². The summed E-state index contributed by atoms with van der Waals surface area (Å²) >= 11 is 0. The Balaban J connectivity index is 2.31. The Morgan fingerprint density at radius 3 is 2.56 bits per heavy atom. The van der Waals surface area contributed by atoms with Gasteiger partial charge in [0.05, 0.1) is 0 Å². The van der Waals surface area contributed by atoms with E-state index in [4.69, 9.17) is 5.73 Å². The van der Waals surface area contributed by atoms with Crippen LogP contribution in [-0.4, -0.2) is 10.5 Å². The largest absolute Gasteiger partial charge is 0.366 e. The van der Waals surface area contributed by atoms with Crippen LogP contribution in [0.2, 0.25) is 0 Å². The molecule has 3 heteroatoms. The summed E-state index contributed by atoms with van der Waals surface area (Å²) in [7, 11) is 0. The molecule has 3 nitrogen and oxygen atoms in total. The number of aryl methyl sites for hydroxylation is 1. The van der Waals surface area contributed by atoms with Crippen LogP contribution in [-0.2, 0) is 6.54 Å². The first-order valence-electron chi connectivity index (χ1n) is 6.00. The van der Waals surface area contributed by atoms with Gasteiger partial charge in [0.15, 0.2) is 0 Å². The summed E-state index contributed by atoms with van der Waals surface area (Å²) in [6.07, 6.45) is 2.14. The molecule has 0 saturated carbocycles. The van der Waals surface area contributed by atoms with Crippen molar-refractivity contribution in [2.24, 2.45) is 5.73 Å². The summed E-state index contributed by atoms with van der Waals surface area (Å²) in [5.74, 6) is -0.381. The summed E-state index contributed by atoms with van der Waals surface area (Å²) in [6, 6.07) is 7.47. The van der Waals surface area contributed by atoms with E-state index in [1.54, 1.807) is 6.07 Å². The fourth-order valence-corrected chi connectivity index (χ4v) is 2.11. The molecule has 0 spiro atoms. The Morgan fingerprint density at radius 1 is 1.28 bits per heavy atom. The predicted octanol–water partition coefficient (Wildman–Crippen LogP) is 2.56. The molecule has 1 aromatic carbocycles. The summed E-state index contributed by atoms with van der Waals surface area (Å²) in [4.78, 5) is 11.1. The second-order valence-corrected chi connectivity index (χ2v) is 4.72. The molecule has 2 N–H and O–H groups in total. The van der Waals surface area contributed by atoms with E-state index in [2.05, 4.69) is 31.5 Å². The second-order valence-electron chi connectivity index (χ2n) is 4.72. The molecule has 0 saturated heterocycles. The Bertz CT molecular complexity index is 597.